The summed E-state index contributed by atoms with van der Waals surface area (Å²) in [7, 11) is 3.26. The molecule has 2 aromatic carbocycles. The highest BCUT2D eigenvalue weighted by atomic mass is 32.2. The fourth-order valence-electron chi connectivity index (χ4n) is 3.84. The smallest absolute Gasteiger partial charge is 0.260 e. The quantitative estimate of drug-likeness (QED) is 0.415. The SMILES string of the molecule is COc1ccc(OC)c2sc(N(CCCN3CCOCC3)C(=O)c3ccc(SC)cc3)nc12. The Morgan fingerprint density at radius 2 is 1.82 bits per heavy atom. The zero-order valence-electron chi connectivity index (χ0n) is 19.2. The Labute approximate surface area is 202 Å². The van der Waals surface area contributed by atoms with Gasteiger partial charge in [-0.15, -0.1) is 11.8 Å². The maximum atomic E-state index is 13.6. The minimum absolute atomic E-state index is 0.0541. The number of rotatable bonds is 9. The predicted molar refractivity (Wildman–Crippen MR) is 134 cm³/mol. The van der Waals surface area contributed by atoms with E-state index in [0.29, 0.717) is 28.5 Å². The Morgan fingerprint density at radius 3 is 2.48 bits per heavy atom. The van der Waals surface area contributed by atoms with Gasteiger partial charge < -0.3 is 14.2 Å². The van der Waals surface area contributed by atoms with E-state index in [4.69, 9.17) is 19.2 Å². The standard InChI is InChI=1S/C24H29N3O4S2/c1-29-19-9-10-20(30-2)22-21(19)25-24(33-22)27(12-4-11-26-13-15-31-16-14-26)23(28)17-5-7-18(32-3)8-6-17/h5-10H,4,11-16H2,1-3H3. The molecule has 2 heterocycles. The molecule has 0 atom stereocenters. The molecule has 9 heteroatoms. The van der Waals surface area contributed by atoms with Crippen molar-refractivity contribution >= 4 is 44.4 Å². The third-order valence-electron chi connectivity index (χ3n) is 5.67. The first-order valence-corrected chi connectivity index (χ1v) is 13.0. The normalized spacial score (nSPS) is 14.4. The fraction of sp³-hybridized carbons (Fsp3) is 0.417. The first kappa shape index (κ1) is 23.8. The molecule has 33 heavy (non-hydrogen) atoms. The lowest BCUT2D eigenvalue weighted by Gasteiger charge is -2.27. The lowest BCUT2D eigenvalue weighted by molar-refractivity contribution is 0.0376. The molecule has 1 aliphatic heterocycles. The van der Waals surface area contributed by atoms with Crippen LogP contribution in [0.2, 0.25) is 0 Å². The molecule has 3 aromatic rings. The molecule has 0 unspecified atom stereocenters. The van der Waals surface area contributed by atoms with E-state index in [9.17, 15) is 4.79 Å². The monoisotopic (exact) mass is 487 g/mol. The lowest BCUT2D eigenvalue weighted by atomic mass is 10.2. The predicted octanol–water partition coefficient (Wildman–Crippen LogP) is 4.40. The summed E-state index contributed by atoms with van der Waals surface area (Å²) in [5, 5.41) is 0.647. The van der Waals surface area contributed by atoms with Crippen molar-refractivity contribution in [1.29, 1.82) is 0 Å². The number of morpholine rings is 1. The largest absolute Gasteiger partial charge is 0.495 e. The lowest BCUT2D eigenvalue weighted by Crippen LogP contribution is -2.39. The van der Waals surface area contributed by atoms with Crippen molar-refractivity contribution < 1.29 is 19.0 Å². The maximum absolute atomic E-state index is 13.6. The van der Waals surface area contributed by atoms with Gasteiger partial charge in [-0.2, -0.15) is 0 Å². The molecular formula is C24H29N3O4S2. The Balaban J connectivity index is 1.64. The van der Waals surface area contributed by atoms with E-state index >= 15 is 0 Å². The molecule has 0 bridgehead atoms. The molecule has 0 N–H and O–H groups in total. The number of methoxy groups -OCH3 is 2. The van der Waals surface area contributed by atoms with E-state index < -0.39 is 0 Å². The number of carbonyl (C=O) groups excluding carboxylic acids is 1. The van der Waals surface area contributed by atoms with Crippen LogP contribution >= 0.6 is 23.1 Å². The van der Waals surface area contributed by atoms with Gasteiger partial charge in [-0.3, -0.25) is 14.6 Å². The molecule has 1 aliphatic rings. The zero-order chi connectivity index (χ0) is 23.2. The maximum Gasteiger partial charge on any atom is 0.260 e. The van der Waals surface area contributed by atoms with Gasteiger partial charge in [0.1, 0.15) is 21.7 Å². The number of anilines is 1. The second-order valence-electron chi connectivity index (χ2n) is 7.64. The molecule has 0 spiro atoms. The first-order valence-electron chi connectivity index (χ1n) is 10.9. The van der Waals surface area contributed by atoms with Crippen molar-refractivity contribution in [2.24, 2.45) is 0 Å². The molecule has 4 rings (SSSR count). The summed E-state index contributed by atoms with van der Waals surface area (Å²) >= 11 is 3.11. The molecular weight excluding hydrogens is 458 g/mol. The average molecular weight is 488 g/mol. The highest BCUT2D eigenvalue weighted by Gasteiger charge is 2.24. The number of hydrogen-bond donors (Lipinski definition) is 0. The van der Waals surface area contributed by atoms with Crippen molar-refractivity contribution in [3.8, 4) is 11.5 Å². The number of thioether (sulfide) groups is 1. The number of aromatic nitrogens is 1. The van der Waals surface area contributed by atoms with E-state index in [1.165, 1.54) is 11.3 Å². The van der Waals surface area contributed by atoms with Gasteiger partial charge in [0.2, 0.25) is 0 Å². The van der Waals surface area contributed by atoms with Crippen molar-refractivity contribution in [3.63, 3.8) is 0 Å². The summed E-state index contributed by atoms with van der Waals surface area (Å²) in [6.45, 7) is 4.88. The third kappa shape index (κ3) is 5.43. The van der Waals surface area contributed by atoms with Gasteiger partial charge in [-0.05, 0) is 49.1 Å². The van der Waals surface area contributed by atoms with Crippen molar-refractivity contribution in [2.75, 3.05) is 64.8 Å². The van der Waals surface area contributed by atoms with E-state index in [1.807, 2.05) is 42.7 Å². The average Bonchev–Trinajstić information content (AvgIpc) is 3.31. The highest BCUT2D eigenvalue weighted by molar-refractivity contribution is 7.98. The minimum Gasteiger partial charge on any atom is -0.495 e. The number of thiazole rings is 1. The highest BCUT2D eigenvalue weighted by Crippen LogP contribution is 2.40. The van der Waals surface area contributed by atoms with Gasteiger partial charge in [-0.1, -0.05) is 11.3 Å². The van der Waals surface area contributed by atoms with E-state index in [0.717, 1.165) is 54.6 Å². The van der Waals surface area contributed by atoms with Crippen LogP contribution in [0.25, 0.3) is 10.2 Å². The summed E-state index contributed by atoms with van der Waals surface area (Å²) in [5.74, 6) is 1.33. The summed E-state index contributed by atoms with van der Waals surface area (Å²) < 4.78 is 17.4. The van der Waals surface area contributed by atoms with E-state index in [2.05, 4.69) is 4.90 Å². The number of carbonyl (C=O) groups is 1. The van der Waals surface area contributed by atoms with Crippen molar-refractivity contribution in [3.05, 3.63) is 42.0 Å². The van der Waals surface area contributed by atoms with Crippen LogP contribution in [0.15, 0.2) is 41.3 Å². The summed E-state index contributed by atoms with van der Waals surface area (Å²) in [6.07, 6.45) is 2.87. The Bertz CT molecular complexity index is 1040. The van der Waals surface area contributed by atoms with Crippen LogP contribution < -0.4 is 14.4 Å². The molecule has 1 amide bonds. The number of benzene rings is 2. The Morgan fingerprint density at radius 1 is 1.12 bits per heavy atom. The van der Waals surface area contributed by atoms with Crippen LogP contribution in [0.1, 0.15) is 16.8 Å². The zero-order valence-corrected chi connectivity index (χ0v) is 20.8. The number of ether oxygens (including phenoxy) is 3. The molecule has 176 valence electrons. The van der Waals surface area contributed by atoms with Gasteiger partial charge in [0.15, 0.2) is 5.13 Å². The summed E-state index contributed by atoms with van der Waals surface area (Å²) in [5.41, 5.74) is 1.36. The van der Waals surface area contributed by atoms with E-state index in [1.54, 1.807) is 30.9 Å². The number of nitrogens with zero attached hydrogens (tertiary/aromatic N) is 3. The molecule has 0 aliphatic carbocycles. The number of amides is 1. The van der Waals surface area contributed by atoms with Crippen LogP contribution in [0.4, 0.5) is 5.13 Å². The fourth-order valence-corrected chi connectivity index (χ4v) is 5.35. The Kier molecular flexibility index (Phi) is 8.08. The molecule has 0 saturated carbocycles. The van der Waals surface area contributed by atoms with Gasteiger partial charge in [-0.25, -0.2) is 4.98 Å². The van der Waals surface area contributed by atoms with Crippen LogP contribution in [-0.4, -0.2) is 75.7 Å². The summed E-state index contributed by atoms with van der Waals surface area (Å²) in [4.78, 5) is 23.7. The molecule has 0 radical (unpaired) electrons. The molecule has 1 saturated heterocycles. The molecule has 1 fully saturated rings. The van der Waals surface area contributed by atoms with Crippen LogP contribution in [0, 0.1) is 0 Å². The van der Waals surface area contributed by atoms with Gasteiger partial charge >= 0.3 is 0 Å². The topological polar surface area (TPSA) is 64.1 Å². The summed E-state index contributed by atoms with van der Waals surface area (Å²) in [6, 6.07) is 11.4. The van der Waals surface area contributed by atoms with E-state index in [-0.39, 0.29) is 5.91 Å². The van der Waals surface area contributed by atoms with Crippen molar-refractivity contribution in [1.82, 2.24) is 9.88 Å². The molecule has 7 nitrogen and oxygen atoms in total. The second-order valence-corrected chi connectivity index (χ2v) is 9.49. The Hall–Kier alpha value is -2.33. The van der Waals surface area contributed by atoms with Gasteiger partial charge in [0, 0.05) is 36.6 Å². The number of hydrogen-bond acceptors (Lipinski definition) is 8. The first-order chi connectivity index (χ1) is 16.1. The van der Waals surface area contributed by atoms with Gasteiger partial charge in [0.05, 0.1) is 27.4 Å². The van der Waals surface area contributed by atoms with Gasteiger partial charge in [0.25, 0.3) is 5.91 Å². The van der Waals surface area contributed by atoms with Crippen LogP contribution in [0.3, 0.4) is 0 Å². The minimum atomic E-state index is -0.0541. The molecule has 1 aromatic heterocycles. The van der Waals surface area contributed by atoms with Crippen LogP contribution in [-0.2, 0) is 4.74 Å². The number of fused-ring (bicyclic) bond motifs is 1. The third-order valence-corrected chi connectivity index (χ3v) is 7.51. The second kappa shape index (κ2) is 11.2. The van der Waals surface area contributed by atoms with Crippen LogP contribution in [0.5, 0.6) is 11.5 Å². The van der Waals surface area contributed by atoms with Crippen molar-refractivity contribution in [2.45, 2.75) is 11.3 Å².